The molecule has 2 amide bonds. The Kier molecular flexibility index (Phi) is 6.02. The van der Waals surface area contributed by atoms with Gasteiger partial charge in [-0.15, -0.1) is 0 Å². The van der Waals surface area contributed by atoms with Crippen LogP contribution >= 0.6 is 0 Å². The van der Waals surface area contributed by atoms with Gasteiger partial charge in [-0.2, -0.15) is 0 Å². The summed E-state index contributed by atoms with van der Waals surface area (Å²) in [5, 5.41) is 13.1. The zero-order valence-corrected chi connectivity index (χ0v) is 11.0. The van der Waals surface area contributed by atoms with Gasteiger partial charge in [0.1, 0.15) is 11.8 Å². The summed E-state index contributed by atoms with van der Waals surface area (Å²) in [5.41, 5.74) is 0. The van der Waals surface area contributed by atoms with Crippen LogP contribution in [0.4, 0.5) is 0 Å². The van der Waals surface area contributed by atoms with Crippen molar-refractivity contribution in [3.05, 3.63) is 30.3 Å². The monoisotopic (exact) mass is 280 g/mol. The number of hydrogen-bond acceptors (Lipinski definition) is 4. The normalized spacial score (nSPS) is 11.2. The molecule has 0 aromatic heterocycles. The van der Waals surface area contributed by atoms with E-state index < -0.39 is 23.8 Å². The number of amides is 2. The summed E-state index contributed by atoms with van der Waals surface area (Å²) in [6.07, 6.45) is 0. The number of carbonyl (C=O) groups is 3. The predicted octanol–water partition coefficient (Wildman–Crippen LogP) is -0.229. The molecular weight excluding hydrogens is 264 g/mol. The second-order valence-corrected chi connectivity index (χ2v) is 4.01. The van der Waals surface area contributed by atoms with Crippen molar-refractivity contribution in [2.75, 3.05) is 13.2 Å². The molecule has 0 saturated carbocycles. The van der Waals surface area contributed by atoms with Gasteiger partial charge < -0.3 is 20.5 Å². The second-order valence-electron chi connectivity index (χ2n) is 4.01. The number of carboxylic acid groups (broad SMARTS) is 1. The molecule has 0 fully saturated rings. The van der Waals surface area contributed by atoms with E-state index in [-0.39, 0.29) is 13.2 Å². The van der Waals surface area contributed by atoms with Crippen LogP contribution in [0.15, 0.2) is 30.3 Å². The van der Waals surface area contributed by atoms with Crippen LogP contribution in [-0.4, -0.2) is 42.1 Å². The van der Waals surface area contributed by atoms with Gasteiger partial charge in [0.25, 0.3) is 5.91 Å². The Labute approximate surface area is 115 Å². The Morgan fingerprint density at radius 3 is 2.45 bits per heavy atom. The van der Waals surface area contributed by atoms with E-state index in [1.165, 1.54) is 6.92 Å². The summed E-state index contributed by atoms with van der Waals surface area (Å²) in [6.45, 7) is 0.820. The van der Waals surface area contributed by atoms with Crippen LogP contribution in [0.25, 0.3) is 0 Å². The van der Waals surface area contributed by atoms with Crippen LogP contribution in [0.1, 0.15) is 6.92 Å². The molecule has 1 unspecified atom stereocenters. The molecule has 1 aromatic rings. The molecule has 0 spiro atoms. The third kappa shape index (κ3) is 5.85. The molecular formula is C13H16N2O5. The van der Waals surface area contributed by atoms with Crippen molar-refractivity contribution in [3.8, 4) is 5.75 Å². The topological polar surface area (TPSA) is 105 Å². The van der Waals surface area contributed by atoms with Gasteiger partial charge in [0, 0.05) is 0 Å². The fraction of sp³-hybridized carbons (Fsp3) is 0.308. The average molecular weight is 280 g/mol. The van der Waals surface area contributed by atoms with Crippen molar-refractivity contribution in [3.63, 3.8) is 0 Å². The van der Waals surface area contributed by atoms with Gasteiger partial charge in [-0.05, 0) is 19.1 Å². The van der Waals surface area contributed by atoms with E-state index in [1.807, 2.05) is 6.07 Å². The molecule has 0 bridgehead atoms. The lowest BCUT2D eigenvalue weighted by Gasteiger charge is -2.10. The molecule has 0 aliphatic rings. The SMILES string of the molecule is CC(NC(=O)CNC(=O)COc1ccccc1)C(=O)O. The van der Waals surface area contributed by atoms with E-state index in [4.69, 9.17) is 9.84 Å². The highest BCUT2D eigenvalue weighted by Gasteiger charge is 2.14. The lowest BCUT2D eigenvalue weighted by atomic mass is 10.3. The van der Waals surface area contributed by atoms with Gasteiger partial charge in [-0.1, -0.05) is 18.2 Å². The molecule has 1 aromatic carbocycles. The first-order valence-corrected chi connectivity index (χ1v) is 5.95. The van der Waals surface area contributed by atoms with Gasteiger partial charge in [-0.3, -0.25) is 14.4 Å². The molecule has 0 heterocycles. The molecule has 3 N–H and O–H groups in total. The fourth-order valence-corrected chi connectivity index (χ4v) is 1.25. The van der Waals surface area contributed by atoms with Gasteiger partial charge in [0.2, 0.25) is 5.91 Å². The zero-order chi connectivity index (χ0) is 15.0. The third-order valence-corrected chi connectivity index (χ3v) is 2.31. The van der Waals surface area contributed by atoms with E-state index in [0.29, 0.717) is 5.75 Å². The first-order chi connectivity index (χ1) is 9.49. The van der Waals surface area contributed by atoms with Crippen molar-refractivity contribution < 1.29 is 24.2 Å². The Balaban J connectivity index is 2.23. The van der Waals surface area contributed by atoms with Gasteiger partial charge in [0.05, 0.1) is 6.54 Å². The highest BCUT2D eigenvalue weighted by molar-refractivity contribution is 5.88. The third-order valence-electron chi connectivity index (χ3n) is 2.31. The summed E-state index contributed by atoms with van der Waals surface area (Å²) >= 11 is 0. The summed E-state index contributed by atoms with van der Waals surface area (Å²) < 4.78 is 5.18. The zero-order valence-electron chi connectivity index (χ0n) is 11.0. The maximum absolute atomic E-state index is 11.4. The second kappa shape index (κ2) is 7.78. The van der Waals surface area contributed by atoms with Gasteiger partial charge in [0.15, 0.2) is 6.61 Å². The van der Waals surface area contributed by atoms with Crippen LogP contribution in [0, 0.1) is 0 Å². The Morgan fingerprint density at radius 2 is 1.85 bits per heavy atom. The average Bonchev–Trinajstić information content (AvgIpc) is 2.43. The van der Waals surface area contributed by atoms with Gasteiger partial charge in [-0.25, -0.2) is 0 Å². The maximum atomic E-state index is 11.4. The molecule has 0 radical (unpaired) electrons. The predicted molar refractivity (Wildman–Crippen MR) is 70.2 cm³/mol. The molecule has 1 rings (SSSR count). The van der Waals surface area contributed by atoms with E-state index in [9.17, 15) is 14.4 Å². The summed E-state index contributed by atoms with van der Waals surface area (Å²) in [7, 11) is 0. The Hall–Kier alpha value is -2.57. The van der Waals surface area contributed by atoms with Gasteiger partial charge >= 0.3 is 5.97 Å². The summed E-state index contributed by atoms with van der Waals surface area (Å²) in [4.78, 5) is 33.2. The molecule has 7 nitrogen and oxygen atoms in total. The Morgan fingerprint density at radius 1 is 1.20 bits per heavy atom. The lowest BCUT2D eigenvalue weighted by molar-refractivity contribution is -0.141. The molecule has 7 heteroatoms. The van der Waals surface area contributed by atoms with E-state index in [1.54, 1.807) is 24.3 Å². The number of benzene rings is 1. The van der Waals surface area contributed by atoms with Crippen molar-refractivity contribution in [1.82, 2.24) is 10.6 Å². The number of hydrogen-bond donors (Lipinski definition) is 3. The van der Waals surface area contributed by atoms with Crippen molar-refractivity contribution in [2.45, 2.75) is 13.0 Å². The molecule has 0 saturated heterocycles. The number of carboxylic acids is 1. The minimum absolute atomic E-state index is 0.216. The van der Waals surface area contributed by atoms with Crippen LogP contribution < -0.4 is 15.4 Å². The quantitative estimate of drug-likeness (QED) is 0.640. The van der Waals surface area contributed by atoms with Crippen LogP contribution in [-0.2, 0) is 14.4 Å². The van der Waals surface area contributed by atoms with Crippen LogP contribution in [0.5, 0.6) is 5.75 Å². The summed E-state index contributed by atoms with van der Waals surface area (Å²) in [6, 6.07) is 7.77. The largest absolute Gasteiger partial charge is 0.484 e. The first kappa shape index (κ1) is 15.5. The number of aliphatic carboxylic acids is 1. The smallest absolute Gasteiger partial charge is 0.325 e. The van der Waals surface area contributed by atoms with E-state index in [0.717, 1.165) is 0 Å². The van der Waals surface area contributed by atoms with Crippen molar-refractivity contribution in [1.29, 1.82) is 0 Å². The van der Waals surface area contributed by atoms with Crippen molar-refractivity contribution in [2.24, 2.45) is 0 Å². The van der Waals surface area contributed by atoms with E-state index in [2.05, 4.69) is 10.6 Å². The number of ether oxygens (including phenoxy) is 1. The molecule has 0 aliphatic carbocycles. The minimum Gasteiger partial charge on any atom is -0.484 e. The van der Waals surface area contributed by atoms with Crippen LogP contribution in [0.3, 0.4) is 0 Å². The highest BCUT2D eigenvalue weighted by atomic mass is 16.5. The molecule has 20 heavy (non-hydrogen) atoms. The maximum Gasteiger partial charge on any atom is 0.325 e. The highest BCUT2D eigenvalue weighted by Crippen LogP contribution is 2.07. The van der Waals surface area contributed by atoms with E-state index >= 15 is 0 Å². The van der Waals surface area contributed by atoms with Crippen molar-refractivity contribution >= 4 is 17.8 Å². The number of rotatable bonds is 7. The lowest BCUT2D eigenvalue weighted by Crippen LogP contribution is -2.44. The molecule has 0 aliphatic heterocycles. The molecule has 108 valence electrons. The first-order valence-electron chi connectivity index (χ1n) is 5.95. The fourth-order valence-electron chi connectivity index (χ4n) is 1.25. The Bertz CT molecular complexity index is 475. The van der Waals surface area contributed by atoms with Crippen LogP contribution in [0.2, 0.25) is 0 Å². The number of para-hydroxylation sites is 1. The number of nitrogens with one attached hydrogen (secondary N) is 2. The minimum atomic E-state index is -1.14. The molecule has 1 atom stereocenters. The number of carbonyl (C=O) groups excluding carboxylic acids is 2. The standard InChI is InChI=1S/C13H16N2O5/c1-9(13(18)19)15-11(16)7-14-12(17)8-20-10-5-3-2-4-6-10/h2-6,9H,7-8H2,1H3,(H,14,17)(H,15,16)(H,18,19). The summed E-state index contributed by atoms with van der Waals surface area (Å²) in [5.74, 6) is -1.64.